The minimum absolute atomic E-state index is 0.0136. The van der Waals surface area contributed by atoms with Gasteiger partial charge >= 0.3 is 18.3 Å². The third-order valence-electron chi connectivity index (χ3n) is 10.5. The predicted molar refractivity (Wildman–Crippen MR) is 268 cm³/mol. The van der Waals surface area contributed by atoms with Crippen LogP contribution >= 0.6 is 39.3 Å². The van der Waals surface area contributed by atoms with Crippen molar-refractivity contribution in [2.45, 2.75) is 146 Å². The first-order valence-corrected chi connectivity index (χ1v) is 24.7. The number of likely N-dealkylation sites (N-methyl/N-ethyl adjacent to an activating group) is 1. The van der Waals surface area contributed by atoms with Crippen molar-refractivity contribution >= 4 is 86.2 Å². The minimum atomic E-state index is -1.27. The number of hydrogen-bond acceptors (Lipinski definition) is 12. The fourth-order valence-electron chi connectivity index (χ4n) is 7.31. The van der Waals surface area contributed by atoms with Gasteiger partial charge in [0.25, 0.3) is 0 Å². The van der Waals surface area contributed by atoms with E-state index in [0.29, 0.717) is 47.9 Å². The van der Waals surface area contributed by atoms with Crippen molar-refractivity contribution in [1.82, 2.24) is 41.0 Å². The van der Waals surface area contributed by atoms with Gasteiger partial charge in [-0.3, -0.25) is 19.0 Å². The standard InChI is InChI=1S/C49H64BrClN8O9S/c1-47(2,3)66-44(63)53-23-14-17-35-40(60)57-36(21-24-54-45(64)67-48(4,5)6)43(62)58(10)38(25-30-28-59(46(65)68-49(7,8)9)37-18-12-11-16-31(30)37)41(61)56-27-32-33(50)19-20-34(51)39(32)69-42-29(26-55-35)15-13-22-52-42/h11-13,15-16,18-20,22,28,35-36,38,55H,14,17,21,23-27H2,1-10H3,(H,53,63)(H,54,64)(H,56,61)(H,57,60)/t35-,36-,38-/m0/s1. The average molecular weight is 1060 g/mol. The Balaban J connectivity index is 1.59. The Kier molecular flexibility index (Phi) is 18.6. The number of halogens is 2. The molecule has 20 heteroatoms. The normalized spacial score (nSPS) is 17.7. The van der Waals surface area contributed by atoms with E-state index in [2.05, 4.69) is 47.5 Å². The summed E-state index contributed by atoms with van der Waals surface area (Å²) in [6.45, 7) is 16.0. The zero-order chi connectivity index (χ0) is 50.8. The van der Waals surface area contributed by atoms with Gasteiger partial charge < -0.3 is 45.7 Å². The molecule has 0 spiro atoms. The lowest BCUT2D eigenvalue weighted by atomic mass is 10.0. The number of alkyl carbamates (subject to hydrolysis) is 2. The first-order chi connectivity index (χ1) is 32.3. The van der Waals surface area contributed by atoms with Crippen molar-refractivity contribution in [3.63, 3.8) is 0 Å². The van der Waals surface area contributed by atoms with Crippen LogP contribution in [0.25, 0.3) is 10.9 Å². The van der Waals surface area contributed by atoms with Gasteiger partial charge in [-0.05, 0) is 117 Å². The Labute approximate surface area is 421 Å². The van der Waals surface area contributed by atoms with Crippen molar-refractivity contribution in [2.75, 3.05) is 20.1 Å². The molecule has 4 aromatic rings. The molecule has 0 radical (unpaired) electrons. The van der Waals surface area contributed by atoms with Crippen LogP contribution in [0.15, 0.2) is 75.3 Å². The molecule has 17 nitrogen and oxygen atoms in total. The summed E-state index contributed by atoms with van der Waals surface area (Å²) in [5, 5.41) is 16.4. The third kappa shape index (κ3) is 16.1. The first kappa shape index (κ1) is 54.6. The highest BCUT2D eigenvalue weighted by molar-refractivity contribution is 9.10. The fourth-order valence-corrected chi connectivity index (χ4v) is 9.25. The summed E-state index contributed by atoms with van der Waals surface area (Å²) in [6.07, 6.45) is 1.72. The molecule has 1 aliphatic heterocycles. The molecule has 5 amide bonds. The maximum atomic E-state index is 15.0. The number of aromatic nitrogens is 2. The van der Waals surface area contributed by atoms with Gasteiger partial charge in [0, 0.05) is 72.4 Å². The van der Waals surface area contributed by atoms with Crippen LogP contribution in [0.5, 0.6) is 0 Å². The van der Waals surface area contributed by atoms with Crippen LogP contribution in [0.1, 0.15) is 98.3 Å². The van der Waals surface area contributed by atoms with Crippen LogP contribution in [-0.2, 0) is 48.1 Å². The van der Waals surface area contributed by atoms with E-state index in [1.165, 1.54) is 28.3 Å². The van der Waals surface area contributed by atoms with E-state index in [0.717, 1.165) is 5.56 Å². The number of nitrogens with zero attached hydrogens (tertiary/aromatic N) is 3. The average Bonchev–Trinajstić information content (AvgIpc) is 3.62. The Bertz CT molecular complexity index is 2520. The van der Waals surface area contributed by atoms with Gasteiger partial charge in [0.05, 0.1) is 16.6 Å². The zero-order valence-electron chi connectivity index (χ0n) is 40.8. The molecule has 2 aromatic carbocycles. The highest BCUT2D eigenvalue weighted by Crippen LogP contribution is 2.40. The fraction of sp³-hybridized carbons (Fsp3) is 0.490. The molecule has 69 heavy (non-hydrogen) atoms. The molecule has 5 N–H and O–H groups in total. The van der Waals surface area contributed by atoms with Gasteiger partial charge in [-0.1, -0.05) is 63.6 Å². The predicted octanol–water partition coefficient (Wildman–Crippen LogP) is 8.25. The first-order valence-electron chi connectivity index (χ1n) is 22.7. The summed E-state index contributed by atoms with van der Waals surface area (Å²) in [7, 11) is 1.48. The molecular formula is C49H64BrClN8O9S. The molecule has 1 aliphatic rings. The lowest BCUT2D eigenvalue weighted by Crippen LogP contribution is -2.57. The van der Waals surface area contributed by atoms with E-state index in [1.807, 2.05) is 18.2 Å². The zero-order valence-corrected chi connectivity index (χ0v) is 44.0. The number of benzene rings is 2. The number of nitrogens with one attached hydrogen (secondary N) is 5. The number of ether oxygens (including phenoxy) is 3. The van der Waals surface area contributed by atoms with Crippen LogP contribution in [0.3, 0.4) is 0 Å². The number of fused-ring (bicyclic) bond motifs is 3. The Morgan fingerprint density at radius 2 is 1.48 bits per heavy atom. The summed E-state index contributed by atoms with van der Waals surface area (Å²) in [4.78, 5) is 89.9. The topological polar surface area (TPSA) is 211 Å². The maximum Gasteiger partial charge on any atom is 0.419 e. The van der Waals surface area contributed by atoms with E-state index in [4.69, 9.17) is 25.8 Å². The molecule has 2 aromatic heterocycles. The molecule has 0 aliphatic carbocycles. The van der Waals surface area contributed by atoms with Crippen molar-refractivity contribution in [3.8, 4) is 0 Å². The SMILES string of the molecule is CN1C(=O)[C@H](CCNC(=O)OC(C)(C)C)NC(=O)[C@H](CCCNC(=O)OC(C)(C)C)NCc2cccnc2Sc2c(Cl)ccc(Br)c2CNC(=O)[C@@H]1Cc1cn(C(=O)OC(C)(C)C)c2ccccc12. The number of hydrogen-bond donors (Lipinski definition) is 5. The molecule has 0 unspecified atom stereocenters. The highest BCUT2D eigenvalue weighted by Gasteiger charge is 2.35. The lowest BCUT2D eigenvalue weighted by Gasteiger charge is -2.32. The quantitative estimate of drug-likeness (QED) is 0.0793. The Morgan fingerprint density at radius 3 is 2.14 bits per heavy atom. The van der Waals surface area contributed by atoms with Crippen molar-refractivity contribution < 1.29 is 43.0 Å². The minimum Gasteiger partial charge on any atom is -0.444 e. The molecule has 0 bridgehead atoms. The second-order valence-corrected chi connectivity index (χ2v) is 21.9. The monoisotopic (exact) mass is 1050 g/mol. The lowest BCUT2D eigenvalue weighted by molar-refractivity contribution is -0.142. The molecule has 3 heterocycles. The van der Waals surface area contributed by atoms with Crippen LogP contribution in [0.2, 0.25) is 5.02 Å². The maximum absolute atomic E-state index is 15.0. The summed E-state index contributed by atoms with van der Waals surface area (Å²) in [5.41, 5.74) is 0.195. The van der Waals surface area contributed by atoms with Gasteiger partial charge in [0.2, 0.25) is 17.7 Å². The van der Waals surface area contributed by atoms with E-state index >= 15 is 4.79 Å². The largest absolute Gasteiger partial charge is 0.444 e. The smallest absolute Gasteiger partial charge is 0.419 e. The van der Waals surface area contributed by atoms with E-state index in [-0.39, 0.29) is 45.4 Å². The molecule has 0 saturated heterocycles. The number of amides is 5. The Morgan fingerprint density at radius 1 is 0.826 bits per heavy atom. The van der Waals surface area contributed by atoms with Crippen LogP contribution in [-0.4, -0.2) is 106 Å². The van der Waals surface area contributed by atoms with Crippen molar-refractivity contribution in [3.05, 3.63) is 87.1 Å². The van der Waals surface area contributed by atoms with Crippen LogP contribution < -0.4 is 26.6 Å². The highest BCUT2D eigenvalue weighted by atomic mass is 79.9. The number of carbonyl (C=O) groups excluding carboxylic acids is 6. The number of carbonyl (C=O) groups is 6. The summed E-state index contributed by atoms with van der Waals surface area (Å²) < 4.78 is 18.6. The summed E-state index contributed by atoms with van der Waals surface area (Å²) >= 11 is 11.9. The number of pyridine rings is 1. The van der Waals surface area contributed by atoms with Crippen molar-refractivity contribution in [1.29, 1.82) is 0 Å². The molecule has 5 rings (SSSR count). The Hall–Kier alpha value is -5.37. The molecule has 3 atom stereocenters. The van der Waals surface area contributed by atoms with E-state index in [9.17, 15) is 24.0 Å². The molecule has 0 saturated carbocycles. The summed E-state index contributed by atoms with van der Waals surface area (Å²) in [6, 6.07) is 11.0. The number of rotatable bonds is 9. The van der Waals surface area contributed by atoms with Gasteiger partial charge in [0.15, 0.2) is 0 Å². The molecule has 0 fully saturated rings. The second kappa shape index (κ2) is 23.5. The molecular weight excluding hydrogens is 992 g/mol. The van der Waals surface area contributed by atoms with Gasteiger partial charge in [-0.15, -0.1) is 0 Å². The van der Waals surface area contributed by atoms with Gasteiger partial charge in [0.1, 0.15) is 33.9 Å². The summed E-state index contributed by atoms with van der Waals surface area (Å²) in [5.74, 6) is -1.72. The van der Waals surface area contributed by atoms with Crippen LogP contribution in [0.4, 0.5) is 14.4 Å². The second-order valence-electron chi connectivity index (χ2n) is 19.6. The van der Waals surface area contributed by atoms with E-state index < -0.39 is 70.9 Å². The van der Waals surface area contributed by atoms with Gasteiger partial charge in [-0.2, -0.15) is 0 Å². The van der Waals surface area contributed by atoms with Crippen molar-refractivity contribution in [2.24, 2.45) is 0 Å². The van der Waals surface area contributed by atoms with E-state index in [1.54, 1.807) is 105 Å². The molecule has 374 valence electrons. The van der Waals surface area contributed by atoms with Crippen LogP contribution in [0, 0.1) is 0 Å². The number of para-hydroxylation sites is 1. The third-order valence-corrected chi connectivity index (χ3v) is 12.9. The van der Waals surface area contributed by atoms with Gasteiger partial charge in [-0.25, -0.2) is 19.4 Å².